The Morgan fingerprint density at radius 3 is 3.08 bits per heavy atom. The van der Waals surface area contributed by atoms with Crippen LogP contribution in [0.15, 0.2) is 24.3 Å². The van der Waals surface area contributed by atoms with Crippen LogP contribution in [0.5, 0.6) is 0 Å². The van der Waals surface area contributed by atoms with E-state index in [0.29, 0.717) is 7.48 Å². The molecule has 1 unspecified atom stereocenters. The standard InChI is InChI=1S/C8H8BNO3/c11-10(12)5-8-6-3-1-2-4-7(6)9-13-8/h1-4,8-9H,5H2. The summed E-state index contributed by atoms with van der Waals surface area (Å²) in [7, 11) is 0.495. The highest BCUT2D eigenvalue weighted by atomic mass is 16.6. The summed E-state index contributed by atoms with van der Waals surface area (Å²) >= 11 is 0. The van der Waals surface area contributed by atoms with Gasteiger partial charge in [-0.25, -0.2) is 0 Å². The number of hydrogen-bond donors (Lipinski definition) is 0. The number of benzene rings is 1. The molecule has 0 fully saturated rings. The molecule has 1 aliphatic heterocycles. The first-order chi connectivity index (χ1) is 6.27. The van der Waals surface area contributed by atoms with Gasteiger partial charge in [0.05, 0.1) is 0 Å². The van der Waals surface area contributed by atoms with Crippen molar-refractivity contribution in [3.63, 3.8) is 0 Å². The molecule has 0 amide bonds. The van der Waals surface area contributed by atoms with Crippen molar-refractivity contribution in [3.05, 3.63) is 39.9 Å². The highest BCUT2D eigenvalue weighted by Gasteiger charge is 2.27. The lowest BCUT2D eigenvalue weighted by atomic mass is 9.87. The lowest BCUT2D eigenvalue weighted by Crippen LogP contribution is -2.12. The maximum absolute atomic E-state index is 10.3. The molecule has 0 radical (unpaired) electrons. The number of hydrogen-bond acceptors (Lipinski definition) is 3. The molecule has 4 nitrogen and oxygen atoms in total. The SMILES string of the molecule is O=[N+]([O-])CC1OBc2ccccc21. The largest absolute Gasteiger partial charge is 0.422 e. The van der Waals surface area contributed by atoms with Gasteiger partial charge in [-0.15, -0.1) is 0 Å². The lowest BCUT2D eigenvalue weighted by molar-refractivity contribution is -0.489. The minimum absolute atomic E-state index is 0.142. The zero-order valence-electron chi connectivity index (χ0n) is 6.97. The summed E-state index contributed by atoms with van der Waals surface area (Å²) < 4.78 is 5.29. The second-order valence-electron chi connectivity index (χ2n) is 3.01. The van der Waals surface area contributed by atoms with Gasteiger partial charge in [0, 0.05) is 4.92 Å². The smallest absolute Gasteiger partial charge is 0.310 e. The average Bonchev–Trinajstić information content (AvgIpc) is 2.48. The Labute approximate surface area is 75.9 Å². The quantitative estimate of drug-likeness (QED) is 0.363. The van der Waals surface area contributed by atoms with Gasteiger partial charge in [-0.2, -0.15) is 0 Å². The molecule has 0 saturated carbocycles. The van der Waals surface area contributed by atoms with E-state index in [9.17, 15) is 10.1 Å². The second-order valence-corrected chi connectivity index (χ2v) is 3.01. The molecule has 5 heteroatoms. The molecular formula is C8H8BNO3. The summed E-state index contributed by atoms with van der Waals surface area (Å²) in [6.07, 6.45) is -0.355. The first-order valence-electron chi connectivity index (χ1n) is 4.08. The summed E-state index contributed by atoms with van der Waals surface area (Å²) in [6, 6.07) is 7.61. The Kier molecular flexibility index (Phi) is 2.02. The maximum Gasteiger partial charge on any atom is 0.310 e. The topological polar surface area (TPSA) is 52.4 Å². The number of rotatable bonds is 2. The molecule has 0 spiro atoms. The van der Waals surface area contributed by atoms with Gasteiger partial charge in [0.15, 0.2) is 0 Å². The van der Waals surface area contributed by atoms with Crippen molar-refractivity contribution in [2.45, 2.75) is 6.10 Å². The van der Waals surface area contributed by atoms with Crippen LogP contribution >= 0.6 is 0 Å². The van der Waals surface area contributed by atoms with Crippen LogP contribution in [0.3, 0.4) is 0 Å². The molecule has 2 rings (SSSR count). The third-order valence-electron chi connectivity index (χ3n) is 2.16. The zero-order chi connectivity index (χ0) is 9.26. The molecule has 0 aromatic heterocycles. The predicted molar refractivity (Wildman–Crippen MR) is 48.9 cm³/mol. The molecule has 66 valence electrons. The highest BCUT2D eigenvalue weighted by molar-refractivity contribution is 6.49. The van der Waals surface area contributed by atoms with E-state index >= 15 is 0 Å². The van der Waals surface area contributed by atoms with Crippen LogP contribution in [0.2, 0.25) is 0 Å². The van der Waals surface area contributed by atoms with Crippen LogP contribution in [0, 0.1) is 10.1 Å². The Balaban J connectivity index is 2.23. The van der Waals surface area contributed by atoms with Gasteiger partial charge in [0.1, 0.15) is 6.10 Å². The van der Waals surface area contributed by atoms with Crippen molar-refractivity contribution in [2.75, 3.05) is 6.54 Å². The Hall–Kier alpha value is -1.36. The lowest BCUT2D eigenvalue weighted by Gasteiger charge is -2.05. The van der Waals surface area contributed by atoms with Gasteiger partial charge in [-0.1, -0.05) is 24.3 Å². The Morgan fingerprint density at radius 1 is 1.54 bits per heavy atom. The van der Waals surface area contributed by atoms with Gasteiger partial charge in [0.2, 0.25) is 6.54 Å². The fourth-order valence-corrected chi connectivity index (χ4v) is 1.55. The molecular weight excluding hydrogens is 169 g/mol. The van der Waals surface area contributed by atoms with Crippen molar-refractivity contribution in [3.8, 4) is 0 Å². The van der Waals surface area contributed by atoms with Crippen molar-refractivity contribution in [2.24, 2.45) is 0 Å². The first kappa shape index (κ1) is 8.25. The van der Waals surface area contributed by atoms with E-state index in [1.54, 1.807) is 0 Å². The average molecular weight is 177 g/mol. The Bertz CT molecular complexity index is 342. The summed E-state index contributed by atoms with van der Waals surface area (Å²) in [6.45, 7) is -0.142. The van der Waals surface area contributed by atoms with E-state index in [-0.39, 0.29) is 17.6 Å². The van der Waals surface area contributed by atoms with Gasteiger partial charge in [-0.05, 0) is 11.0 Å². The van der Waals surface area contributed by atoms with Crippen LogP contribution in [0.25, 0.3) is 0 Å². The highest BCUT2D eigenvalue weighted by Crippen LogP contribution is 2.19. The molecule has 1 aromatic rings. The molecule has 1 aliphatic rings. The monoisotopic (exact) mass is 177 g/mol. The van der Waals surface area contributed by atoms with E-state index in [0.717, 1.165) is 11.0 Å². The summed E-state index contributed by atoms with van der Waals surface area (Å²) in [5.41, 5.74) is 2.02. The molecule has 0 bridgehead atoms. The van der Waals surface area contributed by atoms with Gasteiger partial charge < -0.3 is 4.65 Å². The molecule has 1 aromatic carbocycles. The third-order valence-corrected chi connectivity index (χ3v) is 2.16. The summed E-state index contributed by atoms with van der Waals surface area (Å²) in [4.78, 5) is 9.95. The first-order valence-corrected chi connectivity index (χ1v) is 4.08. The molecule has 0 saturated heterocycles. The molecule has 13 heavy (non-hydrogen) atoms. The minimum Gasteiger partial charge on any atom is -0.422 e. The fraction of sp³-hybridized carbons (Fsp3) is 0.250. The normalized spacial score (nSPS) is 19.2. The number of nitro groups is 1. The molecule has 0 aliphatic carbocycles. The van der Waals surface area contributed by atoms with Crippen molar-refractivity contribution < 1.29 is 9.58 Å². The predicted octanol–water partition coefficient (Wildman–Crippen LogP) is 0.0114. The van der Waals surface area contributed by atoms with Crippen molar-refractivity contribution in [1.82, 2.24) is 0 Å². The molecule has 0 N–H and O–H groups in total. The summed E-state index contributed by atoms with van der Waals surface area (Å²) in [5, 5.41) is 10.3. The van der Waals surface area contributed by atoms with Crippen LogP contribution < -0.4 is 5.46 Å². The van der Waals surface area contributed by atoms with Gasteiger partial charge in [0.25, 0.3) is 0 Å². The van der Waals surface area contributed by atoms with Gasteiger partial charge >= 0.3 is 7.48 Å². The van der Waals surface area contributed by atoms with E-state index in [1.165, 1.54) is 0 Å². The molecule has 1 heterocycles. The number of nitrogens with zero attached hydrogens (tertiary/aromatic N) is 1. The maximum atomic E-state index is 10.3. The van der Waals surface area contributed by atoms with E-state index in [2.05, 4.69) is 0 Å². The van der Waals surface area contributed by atoms with Crippen LogP contribution in [-0.2, 0) is 4.65 Å². The summed E-state index contributed by atoms with van der Waals surface area (Å²) in [5.74, 6) is 0. The van der Waals surface area contributed by atoms with Crippen molar-refractivity contribution in [1.29, 1.82) is 0 Å². The minimum atomic E-state index is -0.355. The van der Waals surface area contributed by atoms with Crippen LogP contribution in [-0.4, -0.2) is 19.0 Å². The second kappa shape index (κ2) is 3.18. The van der Waals surface area contributed by atoms with E-state index in [4.69, 9.17) is 4.65 Å². The van der Waals surface area contributed by atoms with Crippen LogP contribution in [0.1, 0.15) is 11.7 Å². The van der Waals surface area contributed by atoms with Gasteiger partial charge in [-0.3, -0.25) is 10.1 Å². The van der Waals surface area contributed by atoms with E-state index < -0.39 is 0 Å². The third kappa shape index (κ3) is 1.55. The zero-order valence-corrected chi connectivity index (χ0v) is 6.97. The fourth-order valence-electron chi connectivity index (χ4n) is 1.55. The number of fused-ring (bicyclic) bond motifs is 1. The van der Waals surface area contributed by atoms with Crippen molar-refractivity contribution >= 4 is 12.9 Å². The Morgan fingerprint density at radius 2 is 2.31 bits per heavy atom. The van der Waals surface area contributed by atoms with Crippen LogP contribution in [0.4, 0.5) is 0 Å². The molecule has 1 atom stereocenters. The van der Waals surface area contributed by atoms with E-state index in [1.807, 2.05) is 24.3 Å².